The lowest BCUT2D eigenvalue weighted by atomic mass is 10.2. The number of hydrogen-bond donors (Lipinski definition) is 1. The van der Waals surface area contributed by atoms with E-state index < -0.39 is 0 Å². The Balaban J connectivity index is 1.47. The summed E-state index contributed by atoms with van der Waals surface area (Å²) in [4.78, 5) is 21.7. The van der Waals surface area contributed by atoms with Crippen LogP contribution in [0, 0.1) is 13.8 Å². The SMILES string of the molecule is Cc1sc2nc(SCCCCOc3ccc(Cl)cc3)[nH]c(=O)c2c1C. The number of unbranched alkanes of at least 4 members (excludes halogenated alkanes) is 1. The third kappa shape index (κ3) is 4.57. The first-order valence-electron chi connectivity index (χ1n) is 8.06. The summed E-state index contributed by atoms with van der Waals surface area (Å²) in [7, 11) is 0. The highest BCUT2D eigenvalue weighted by Crippen LogP contribution is 2.27. The van der Waals surface area contributed by atoms with Crippen LogP contribution in [-0.2, 0) is 0 Å². The maximum Gasteiger partial charge on any atom is 0.260 e. The lowest BCUT2D eigenvalue weighted by Crippen LogP contribution is -2.09. The van der Waals surface area contributed by atoms with Gasteiger partial charge in [0.25, 0.3) is 5.56 Å². The predicted octanol–water partition coefficient (Wildman–Crippen LogP) is 5.21. The van der Waals surface area contributed by atoms with Gasteiger partial charge in [0.1, 0.15) is 10.6 Å². The lowest BCUT2D eigenvalue weighted by Gasteiger charge is -2.06. The van der Waals surface area contributed by atoms with E-state index >= 15 is 0 Å². The number of fused-ring (bicyclic) bond motifs is 1. The number of thioether (sulfide) groups is 1. The molecule has 0 aliphatic heterocycles. The number of halogens is 1. The van der Waals surface area contributed by atoms with Gasteiger partial charge in [0.2, 0.25) is 0 Å². The fourth-order valence-electron chi connectivity index (χ4n) is 2.40. The third-order valence-electron chi connectivity index (χ3n) is 3.88. The molecule has 0 atom stereocenters. The van der Waals surface area contributed by atoms with E-state index in [4.69, 9.17) is 16.3 Å². The largest absolute Gasteiger partial charge is 0.494 e. The van der Waals surface area contributed by atoms with E-state index in [-0.39, 0.29) is 5.56 Å². The van der Waals surface area contributed by atoms with E-state index in [1.54, 1.807) is 23.1 Å². The minimum absolute atomic E-state index is 0.0413. The molecule has 0 saturated heterocycles. The average molecular weight is 395 g/mol. The molecule has 7 heteroatoms. The number of thiophene rings is 1. The maximum absolute atomic E-state index is 12.2. The predicted molar refractivity (Wildman–Crippen MR) is 107 cm³/mol. The molecule has 132 valence electrons. The minimum Gasteiger partial charge on any atom is -0.494 e. The van der Waals surface area contributed by atoms with Gasteiger partial charge in [-0.2, -0.15) is 0 Å². The highest BCUT2D eigenvalue weighted by atomic mass is 35.5. The Kier molecular flexibility index (Phi) is 6.04. The van der Waals surface area contributed by atoms with Crippen molar-refractivity contribution >= 4 is 44.9 Å². The Bertz CT molecular complexity index is 919. The van der Waals surface area contributed by atoms with E-state index in [0.29, 0.717) is 16.8 Å². The summed E-state index contributed by atoms with van der Waals surface area (Å²) in [5.74, 6) is 1.72. The van der Waals surface area contributed by atoms with Crippen molar-refractivity contribution in [2.45, 2.75) is 31.8 Å². The van der Waals surface area contributed by atoms with Crippen LogP contribution in [0.5, 0.6) is 5.75 Å². The highest BCUT2D eigenvalue weighted by molar-refractivity contribution is 7.99. The summed E-state index contributed by atoms with van der Waals surface area (Å²) in [6.45, 7) is 4.65. The van der Waals surface area contributed by atoms with E-state index in [9.17, 15) is 4.79 Å². The summed E-state index contributed by atoms with van der Waals surface area (Å²) < 4.78 is 5.67. The number of H-pyrrole nitrogens is 1. The fourth-order valence-corrected chi connectivity index (χ4v) is 4.47. The molecule has 4 nitrogen and oxygen atoms in total. The van der Waals surface area contributed by atoms with Crippen LogP contribution in [0.25, 0.3) is 10.2 Å². The highest BCUT2D eigenvalue weighted by Gasteiger charge is 2.11. The molecular formula is C18H19ClN2O2S2. The van der Waals surface area contributed by atoms with Gasteiger partial charge >= 0.3 is 0 Å². The van der Waals surface area contributed by atoms with Crippen molar-refractivity contribution in [3.8, 4) is 5.75 Å². The second-order valence-electron chi connectivity index (χ2n) is 5.69. The Labute approximate surface area is 159 Å². The third-order valence-corrected chi connectivity index (χ3v) is 6.19. The molecule has 0 aliphatic carbocycles. The lowest BCUT2D eigenvalue weighted by molar-refractivity contribution is 0.310. The molecule has 0 radical (unpaired) electrons. The fraction of sp³-hybridized carbons (Fsp3) is 0.333. The molecule has 3 aromatic rings. The van der Waals surface area contributed by atoms with Gasteiger partial charge in [-0.05, 0) is 56.5 Å². The quantitative estimate of drug-likeness (QED) is 0.339. The first-order chi connectivity index (χ1) is 12.0. The Hall–Kier alpha value is -1.50. The van der Waals surface area contributed by atoms with Gasteiger partial charge in [-0.3, -0.25) is 4.79 Å². The molecular weight excluding hydrogens is 376 g/mol. The van der Waals surface area contributed by atoms with Crippen LogP contribution < -0.4 is 10.3 Å². The zero-order valence-corrected chi connectivity index (χ0v) is 16.5. The van der Waals surface area contributed by atoms with Gasteiger partial charge in [0.15, 0.2) is 5.16 Å². The molecule has 3 rings (SSSR count). The number of aromatic amines is 1. The zero-order chi connectivity index (χ0) is 17.8. The number of aromatic nitrogens is 2. The molecule has 2 heterocycles. The molecule has 0 fully saturated rings. The smallest absolute Gasteiger partial charge is 0.260 e. The summed E-state index contributed by atoms with van der Waals surface area (Å²) in [6.07, 6.45) is 1.93. The van der Waals surface area contributed by atoms with Crippen LogP contribution in [0.3, 0.4) is 0 Å². The van der Waals surface area contributed by atoms with E-state index in [2.05, 4.69) is 9.97 Å². The molecule has 0 saturated carbocycles. The number of ether oxygens (including phenoxy) is 1. The Morgan fingerprint density at radius 3 is 2.76 bits per heavy atom. The van der Waals surface area contributed by atoms with Crippen molar-refractivity contribution in [2.24, 2.45) is 0 Å². The number of hydrogen-bond acceptors (Lipinski definition) is 5. The molecule has 0 aliphatic rings. The summed E-state index contributed by atoms with van der Waals surface area (Å²) >= 11 is 9.00. The summed E-state index contributed by atoms with van der Waals surface area (Å²) in [5.41, 5.74) is 0.991. The molecule has 0 bridgehead atoms. The van der Waals surface area contributed by atoms with Crippen LogP contribution in [0.1, 0.15) is 23.3 Å². The number of nitrogens with zero attached hydrogens (tertiary/aromatic N) is 1. The minimum atomic E-state index is -0.0413. The topological polar surface area (TPSA) is 55.0 Å². The van der Waals surface area contributed by atoms with Gasteiger partial charge < -0.3 is 9.72 Å². The standard InChI is InChI=1S/C18H19ClN2O2S2/c1-11-12(2)25-17-15(11)16(22)20-18(21-17)24-10-4-3-9-23-14-7-5-13(19)6-8-14/h5-8H,3-4,9-10H2,1-2H3,(H,20,21,22). The van der Waals surface area contributed by atoms with Gasteiger partial charge in [-0.25, -0.2) is 4.98 Å². The first-order valence-corrected chi connectivity index (χ1v) is 10.2. The second-order valence-corrected chi connectivity index (χ2v) is 8.42. The van der Waals surface area contributed by atoms with Crippen LogP contribution in [0.4, 0.5) is 0 Å². The van der Waals surface area contributed by atoms with Gasteiger partial charge in [0.05, 0.1) is 12.0 Å². The van der Waals surface area contributed by atoms with Crippen molar-refractivity contribution in [3.63, 3.8) is 0 Å². The zero-order valence-electron chi connectivity index (χ0n) is 14.1. The number of nitrogens with one attached hydrogen (secondary N) is 1. The molecule has 1 aromatic carbocycles. The summed E-state index contributed by atoms with van der Waals surface area (Å²) in [6, 6.07) is 7.37. The number of aryl methyl sites for hydroxylation is 2. The van der Waals surface area contributed by atoms with Crippen LogP contribution >= 0.6 is 34.7 Å². The number of benzene rings is 1. The van der Waals surface area contributed by atoms with Gasteiger partial charge in [-0.15, -0.1) is 11.3 Å². The molecule has 0 spiro atoms. The first kappa shape index (κ1) is 18.3. The van der Waals surface area contributed by atoms with Crippen molar-refractivity contribution < 1.29 is 4.74 Å². The van der Waals surface area contributed by atoms with Crippen LogP contribution in [0.2, 0.25) is 5.02 Å². The van der Waals surface area contributed by atoms with Gasteiger partial charge in [-0.1, -0.05) is 23.4 Å². The molecule has 25 heavy (non-hydrogen) atoms. The van der Waals surface area contributed by atoms with E-state index in [1.807, 2.05) is 38.1 Å². The van der Waals surface area contributed by atoms with Crippen molar-refractivity contribution in [1.29, 1.82) is 0 Å². The average Bonchev–Trinajstić information content (AvgIpc) is 2.87. The van der Waals surface area contributed by atoms with Crippen molar-refractivity contribution in [3.05, 3.63) is 50.1 Å². The Morgan fingerprint density at radius 1 is 1.24 bits per heavy atom. The molecule has 1 N–H and O–H groups in total. The van der Waals surface area contributed by atoms with Crippen molar-refractivity contribution in [2.75, 3.05) is 12.4 Å². The molecule has 0 unspecified atom stereocenters. The normalized spacial score (nSPS) is 11.2. The second kappa shape index (κ2) is 8.25. The molecule has 0 amide bonds. The monoisotopic (exact) mass is 394 g/mol. The van der Waals surface area contributed by atoms with Gasteiger partial charge in [0, 0.05) is 15.7 Å². The van der Waals surface area contributed by atoms with E-state index in [1.165, 1.54) is 0 Å². The van der Waals surface area contributed by atoms with Crippen LogP contribution in [0.15, 0.2) is 34.2 Å². The van der Waals surface area contributed by atoms with E-state index in [0.717, 1.165) is 45.0 Å². The molecule has 2 aromatic heterocycles. The van der Waals surface area contributed by atoms with Crippen LogP contribution in [-0.4, -0.2) is 22.3 Å². The number of rotatable bonds is 7. The summed E-state index contributed by atoms with van der Waals surface area (Å²) in [5, 5.41) is 2.12. The van der Waals surface area contributed by atoms with Crippen molar-refractivity contribution in [1.82, 2.24) is 9.97 Å². The Morgan fingerprint density at radius 2 is 2.00 bits per heavy atom. The maximum atomic E-state index is 12.2.